The molecule has 0 saturated carbocycles. The van der Waals surface area contributed by atoms with E-state index in [1.807, 2.05) is 0 Å². The number of benzene rings is 1. The molecule has 5 nitrogen and oxygen atoms in total. The predicted molar refractivity (Wildman–Crippen MR) is 69.6 cm³/mol. The predicted octanol–water partition coefficient (Wildman–Crippen LogP) is 2.35. The number of hydrogen-bond donors (Lipinski definition) is 2. The number of alkyl halides is 2. The number of hydrogen-bond acceptors (Lipinski definition) is 4. The lowest BCUT2D eigenvalue weighted by Gasteiger charge is -2.25. The minimum absolute atomic E-state index is 0.291. The van der Waals surface area contributed by atoms with Gasteiger partial charge in [-0.15, -0.1) is 0 Å². The van der Waals surface area contributed by atoms with Crippen LogP contribution in [0.2, 0.25) is 0 Å². The monoisotopic (exact) mass is 307 g/mol. The van der Waals surface area contributed by atoms with Crippen LogP contribution >= 0.6 is 0 Å². The van der Waals surface area contributed by atoms with E-state index >= 15 is 0 Å². The van der Waals surface area contributed by atoms with Gasteiger partial charge in [-0.1, -0.05) is 6.92 Å². The van der Waals surface area contributed by atoms with Crippen molar-refractivity contribution in [2.75, 3.05) is 5.32 Å². The van der Waals surface area contributed by atoms with E-state index in [0.717, 1.165) is 12.1 Å². The van der Waals surface area contributed by atoms with Gasteiger partial charge in [0.1, 0.15) is 5.54 Å². The molecule has 0 fully saturated rings. The molecule has 0 heterocycles. The Morgan fingerprint density at radius 3 is 2.20 bits per heavy atom. The first-order valence-electron chi connectivity index (χ1n) is 5.77. The third kappa shape index (κ3) is 3.24. The first kappa shape index (κ1) is 16.4. The number of aliphatic carboxylic acids is 1. The zero-order valence-corrected chi connectivity index (χ0v) is 11.7. The molecule has 0 spiro atoms. The van der Waals surface area contributed by atoms with Crippen molar-refractivity contribution in [1.82, 2.24) is 0 Å². The average Bonchev–Trinajstić information content (AvgIpc) is 2.38. The van der Waals surface area contributed by atoms with Crippen LogP contribution in [0.1, 0.15) is 20.3 Å². The molecule has 1 atom stereocenters. The lowest BCUT2D eigenvalue weighted by Crippen LogP contribution is -2.42. The van der Waals surface area contributed by atoms with Crippen LogP contribution in [0.5, 0.6) is 0 Å². The third-order valence-corrected chi connectivity index (χ3v) is 4.42. The number of carboxylic acid groups (broad SMARTS) is 1. The van der Waals surface area contributed by atoms with E-state index in [2.05, 4.69) is 5.32 Å². The van der Waals surface area contributed by atoms with Crippen LogP contribution in [0.3, 0.4) is 0 Å². The fourth-order valence-electron chi connectivity index (χ4n) is 1.44. The van der Waals surface area contributed by atoms with Gasteiger partial charge in [0.15, 0.2) is 0 Å². The highest BCUT2D eigenvalue weighted by Crippen LogP contribution is 2.23. The van der Waals surface area contributed by atoms with Crippen LogP contribution in [0.15, 0.2) is 29.2 Å². The zero-order chi connectivity index (χ0) is 15.6. The summed E-state index contributed by atoms with van der Waals surface area (Å²) in [5.74, 6) is -4.55. The van der Waals surface area contributed by atoms with E-state index in [-0.39, 0.29) is 0 Å². The van der Waals surface area contributed by atoms with Crippen LogP contribution < -0.4 is 5.32 Å². The number of anilines is 1. The van der Waals surface area contributed by atoms with Crippen molar-refractivity contribution in [2.24, 2.45) is 0 Å². The third-order valence-electron chi connectivity index (χ3n) is 3.02. The first-order chi connectivity index (χ1) is 9.13. The summed E-state index contributed by atoms with van der Waals surface area (Å²) in [4.78, 5) is 10.6. The molecule has 8 heteroatoms. The molecule has 1 aromatic rings. The van der Waals surface area contributed by atoms with Gasteiger partial charge in [0.25, 0.3) is 0 Å². The molecule has 1 rings (SSSR count). The number of carboxylic acids is 1. The topological polar surface area (TPSA) is 83.5 Å². The van der Waals surface area contributed by atoms with E-state index in [9.17, 15) is 22.0 Å². The van der Waals surface area contributed by atoms with Crippen LogP contribution in [-0.4, -0.2) is 30.8 Å². The number of sulfone groups is 1. The molecule has 0 saturated heterocycles. The second kappa shape index (κ2) is 5.74. The summed E-state index contributed by atoms with van der Waals surface area (Å²) in [6.45, 7) is 3.15. The minimum atomic E-state index is -4.64. The van der Waals surface area contributed by atoms with Crippen molar-refractivity contribution < 1.29 is 27.1 Å². The summed E-state index contributed by atoms with van der Waals surface area (Å²) < 4.78 is 47.2. The lowest BCUT2D eigenvalue weighted by atomic mass is 9.99. The van der Waals surface area contributed by atoms with Crippen LogP contribution in [0, 0.1) is 0 Å². The molecule has 0 aliphatic carbocycles. The SMILES string of the molecule is CCC(C)(Nc1ccc(S(=O)(=O)C(F)F)cc1)C(=O)O. The molecule has 0 bridgehead atoms. The Kier molecular flexibility index (Phi) is 4.69. The molecular weight excluding hydrogens is 292 g/mol. The quantitative estimate of drug-likeness (QED) is 0.843. The lowest BCUT2D eigenvalue weighted by molar-refractivity contribution is -0.141. The van der Waals surface area contributed by atoms with Gasteiger partial charge in [0, 0.05) is 5.69 Å². The van der Waals surface area contributed by atoms with Crippen molar-refractivity contribution in [3.05, 3.63) is 24.3 Å². The normalized spacial score (nSPS) is 14.8. The van der Waals surface area contributed by atoms with Gasteiger partial charge in [-0.05, 0) is 37.6 Å². The van der Waals surface area contributed by atoms with Crippen LogP contribution in [-0.2, 0) is 14.6 Å². The van der Waals surface area contributed by atoms with Gasteiger partial charge < -0.3 is 10.4 Å². The maximum Gasteiger partial charge on any atom is 0.341 e. The Bertz CT molecular complexity index is 586. The second-order valence-corrected chi connectivity index (χ2v) is 6.36. The Labute approximate surface area is 115 Å². The number of rotatable bonds is 6. The zero-order valence-electron chi connectivity index (χ0n) is 10.9. The molecule has 112 valence electrons. The van der Waals surface area contributed by atoms with E-state index in [0.29, 0.717) is 12.1 Å². The van der Waals surface area contributed by atoms with Crippen molar-refractivity contribution in [3.63, 3.8) is 0 Å². The summed E-state index contributed by atoms with van der Waals surface area (Å²) >= 11 is 0. The first-order valence-corrected chi connectivity index (χ1v) is 7.32. The maximum absolute atomic E-state index is 12.3. The van der Waals surface area contributed by atoms with Crippen molar-refractivity contribution in [3.8, 4) is 0 Å². The molecule has 0 aromatic heterocycles. The van der Waals surface area contributed by atoms with Gasteiger partial charge in [0.05, 0.1) is 4.90 Å². The number of nitrogens with one attached hydrogen (secondary N) is 1. The van der Waals surface area contributed by atoms with Gasteiger partial charge >= 0.3 is 11.7 Å². The number of carbonyl (C=O) groups is 1. The van der Waals surface area contributed by atoms with Crippen LogP contribution in [0.4, 0.5) is 14.5 Å². The van der Waals surface area contributed by atoms with Gasteiger partial charge in [0.2, 0.25) is 9.84 Å². The van der Waals surface area contributed by atoms with Crippen molar-refractivity contribution >= 4 is 21.5 Å². The van der Waals surface area contributed by atoms with Gasteiger partial charge in [-0.3, -0.25) is 0 Å². The Morgan fingerprint density at radius 1 is 1.35 bits per heavy atom. The molecule has 0 aliphatic heterocycles. The molecular formula is C12H15F2NO4S. The molecule has 1 unspecified atom stereocenters. The van der Waals surface area contributed by atoms with Crippen LogP contribution in [0.25, 0.3) is 0 Å². The van der Waals surface area contributed by atoms with Gasteiger partial charge in [-0.2, -0.15) is 8.78 Å². The highest BCUT2D eigenvalue weighted by atomic mass is 32.2. The fraction of sp³-hybridized carbons (Fsp3) is 0.417. The Hall–Kier alpha value is -1.70. The Balaban J connectivity index is 3.02. The smallest absolute Gasteiger partial charge is 0.341 e. The highest BCUT2D eigenvalue weighted by Gasteiger charge is 2.31. The highest BCUT2D eigenvalue weighted by molar-refractivity contribution is 7.91. The van der Waals surface area contributed by atoms with Crippen molar-refractivity contribution in [2.45, 2.75) is 36.5 Å². The number of halogens is 2. The van der Waals surface area contributed by atoms with Gasteiger partial charge in [-0.25, -0.2) is 13.2 Å². The van der Waals surface area contributed by atoms with Crippen molar-refractivity contribution in [1.29, 1.82) is 0 Å². The molecule has 0 amide bonds. The molecule has 1 aromatic carbocycles. The minimum Gasteiger partial charge on any atom is -0.480 e. The summed E-state index contributed by atoms with van der Waals surface area (Å²) in [5, 5.41) is 11.8. The van der Waals surface area contributed by atoms with E-state index in [1.165, 1.54) is 19.1 Å². The fourth-order valence-corrected chi connectivity index (χ4v) is 2.16. The molecule has 2 N–H and O–H groups in total. The molecule has 0 aliphatic rings. The standard InChI is InChI=1S/C12H15F2NO4S/c1-3-12(2,10(16)17)15-8-4-6-9(7-5-8)20(18,19)11(13)14/h4-7,11,15H,3H2,1-2H3,(H,16,17). The van der Waals surface area contributed by atoms with E-state index in [1.54, 1.807) is 6.92 Å². The largest absolute Gasteiger partial charge is 0.480 e. The Morgan fingerprint density at radius 2 is 1.85 bits per heavy atom. The average molecular weight is 307 g/mol. The summed E-state index contributed by atoms with van der Waals surface area (Å²) in [7, 11) is -4.64. The second-order valence-electron chi connectivity index (χ2n) is 4.45. The van der Waals surface area contributed by atoms with E-state index in [4.69, 9.17) is 5.11 Å². The maximum atomic E-state index is 12.3. The van der Waals surface area contributed by atoms with E-state index < -0.39 is 32.0 Å². The summed E-state index contributed by atoms with van der Waals surface area (Å²) in [6.07, 6.45) is 0.291. The molecule has 20 heavy (non-hydrogen) atoms. The molecule has 0 radical (unpaired) electrons. The summed E-state index contributed by atoms with van der Waals surface area (Å²) in [5.41, 5.74) is -0.881. The summed E-state index contributed by atoms with van der Waals surface area (Å²) in [6, 6.07) is 4.54.